The van der Waals surface area contributed by atoms with Crippen LogP contribution in [0.2, 0.25) is 0 Å². The van der Waals surface area contributed by atoms with Crippen molar-refractivity contribution in [2.24, 2.45) is 0 Å². The van der Waals surface area contributed by atoms with Gasteiger partial charge >= 0.3 is 0 Å². The molecule has 2 aromatic heterocycles. The van der Waals surface area contributed by atoms with Gasteiger partial charge in [0.25, 0.3) is 11.6 Å². The average molecular weight is 401 g/mol. The van der Waals surface area contributed by atoms with Crippen LogP contribution in [-0.4, -0.2) is 29.3 Å². The lowest BCUT2D eigenvalue weighted by Gasteiger charge is -2.19. The second kappa shape index (κ2) is 7.51. The molecule has 0 bridgehead atoms. The Kier molecular flexibility index (Phi) is 4.55. The highest BCUT2D eigenvalue weighted by molar-refractivity contribution is 6.06. The zero-order valence-corrected chi connectivity index (χ0v) is 16.3. The second-order valence-corrected chi connectivity index (χ2v) is 7.03. The van der Waals surface area contributed by atoms with Crippen molar-refractivity contribution in [1.82, 2.24) is 15.5 Å². The largest absolute Gasteiger partial charge is 0.486 e. The summed E-state index contributed by atoms with van der Waals surface area (Å²) in [5.74, 6) is 1.20. The Morgan fingerprint density at radius 3 is 2.67 bits per heavy atom. The van der Waals surface area contributed by atoms with Crippen molar-refractivity contribution in [2.45, 2.75) is 13.5 Å². The topological polar surface area (TPSA) is 86.5 Å². The van der Waals surface area contributed by atoms with E-state index in [9.17, 15) is 4.79 Å². The molecule has 7 nitrogen and oxygen atoms in total. The SMILES string of the molecule is Cc1noc2nc(-c3ccccc3)cc(C(=O)NCc3ccc4c(c3)OCCO4)c12. The molecule has 4 aromatic rings. The minimum absolute atomic E-state index is 0.222. The Morgan fingerprint density at radius 2 is 1.83 bits per heavy atom. The summed E-state index contributed by atoms with van der Waals surface area (Å²) in [5.41, 5.74) is 3.93. The molecule has 1 amide bonds. The highest BCUT2D eigenvalue weighted by Crippen LogP contribution is 2.31. The van der Waals surface area contributed by atoms with Gasteiger partial charge in [-0.1, -0.05) is 41.6 Å². The summed E-state index contributed by atoms with van der Waals surface area (Å²) in [5, 5.41) is 7.59. The lowest BCUT2D eigenvalue weighted by atomic mass is 10.0. The van der Waals surface area contributed by atoms with Gasteiger partial charge in [-0.3, -0.25) is 4.79 Å². The third-order valence-electron chi connectivity index (χ3n) is 4.99. The van der Waals surface area contributed by atoms with Crippen LogP contribution >= 0.6 is 0 Å². The van der Waals surface area contributed by atoms with Crippen LogP contribution in [0.5, 0.6) is 11.5 Å². The van der Waals surface area contributed by atoms with Crippen molar-refractivity contribution in [3.8, 4) is 22.8 Å². The number of nitrogens with zero attached hydrogens (tertiary/aromatic N) is 2. The quantitative estimate of drug-likeness (QED) is 0.558. The minimum atomic E-state index is -0.222. The average Bonchev–Trinajstić information content (AvgIpc) is 3.18. The van der Waals surface area contributed by atoms with Crippen LogP contribution in [0.3, 0.4) is 0 Å². The van der Waals surface area contributed by atoms with E-state index in [1.54, 1.807) is 13.0 Å². The number of hydrogen-bond donors (Lipinski definition) is 1. The monoisotopic (exact) mass is 401 g/mol. The van der Waals surface area contributed by atoms with Crippen LogP contribution in [-0.2, 0) is 6.54 Å². The van der Waals surface area contributed by atoms with Crippen molar-refractivity contribution in [1.29, 1.82) is 0 Å². The molecule has 5 rings (SSSR count). The number of rotatable bonds is 4. The van der Waals surface area contributed by atoms with Gasteiger partial charge in [-0.15, -0.1) is 0 Å². The first-order valence-corrected chi connectivity index (χ1v) is 9.68. The predicted molar refractivity (Wildman–Crippen MR) is 111 cm³/mol. The zero-order valence-electron chi connectivity index (χ0n) is 16.3. The first-order chi connectivity index (χ1) is 14.7. The predicted octanol–water partition coefficient (Wildman–Crippen LogP) is 3.90. The van der Waals surface area contributed by atoms with Crippen molar-refractivity contribution in [3.63, 3.8) is 0 Å². The molecule has 0 aliphatic carbocycles. The van der Waals surface area contributed by atoms with E-state index in [-0.39, 0.29) is 5.91 Å². The Labute approximate surface area is 172 Å². The van der Waals surface area contributed by atoms with Gasteiger partial charge in [0.1, 0.15) is 13.2 Å². The summed E-state index contributed by atoms with van der Waals surface area (Å²) in [4.78, 5) is 17.6. The number of ether oxygens (including phenoxy) is 2. The first kappa shape index (κ1) is 18.2. The Bertz CT molecular complexity index is 1230. The van der Waals surface area contributed by atoms with E-state index in [0.29, 0.717) is 53.6 Å². The smallest absolute Gasteiger partial charge is 0.259 e. The molecular formula is C23H19N3O4. The van der Waals surface area contributed by atoms with E-state index in [2.05, 4.69) is 15.5 Å². The molecule has 150 valence electrons. The number of fused-ring (bicyclic) bond motifs is 2. The number of aromatic nitrogens is 2. The molecule has 0 atom stereocenters. The van der Waals surface area contributed by atoms with Gasteiger partial charge in [0.15, 0.2) is 11.5 Å². The second-order valence-electron chi connectivity index (χ2n) is 7.03. The molecule has 1 aliphatic rings. The maximum atomic E-state index is 13.1. The molecule has 7 heteroatoms. The van der Waals surface area contributed by atoms with Gasteiger partial charge in [-0.25, -0.2) is 4.98 Å². The van der Waals surface area contributed by atoms with Gasteiger partial charge in [-0.05, 0) is 30.7 Å². The molecule has 0 saturated carbocycles. The lowest BCUT2D eigenvalue weighted by molar-refractivity contribution is 0.0952. The van der Waals surface area contributed by atoms with Crippen LogP contribution in [0.15, 0.2) is 59.1 Å². The molecular weight excluding hydrogens is 382 g/mol. The van der Waals surface area contributed by atoms with Crippen LogP contribution in [0.1, 0.15) is 21.6 Å². The molecule has 0 saturated heterocycles. The molecule has 0 fully saturated rings. The van der Waals surface area contributed by atoms with E-state index < -0.39 is 0 Å². The number of carbonyl (C=O) groups excluding carboxylic acids is 1. The summed E-state index contributed by atoms with van der Waals surface area (Å²) >= 11 is 0. The minimum Gasteiger partial charge on any atom is -0.486 e. The van der Waals surface area contributed by atoms with Crippen molar-refractivity contribution in [2.75, 3.05) is 13.2 Å². The number of nitrogens with one attached hydrogen (secondary N) is 1. The number of pyridine rings is 1. The first-order valence-electron chi connectivity index (χ1n) is 9.68. The summed E-state index contributed by atoms with van der Waals surface area (Å²) in [6.07, 6.45) is 0. The molecule has 2 aromatic carbocycles. The van der Waals surface area contributed by atoms with Crippen molar-refractivity contribution in [3.05, 3.63) is 71.4 Å². The lowest BCUT2D eigenvalue weighted by Crippen LogP contribution is -2.23. The third-order valence-corrected chi connectivity index (χ3v) is 4.99. The highest BCUT2D eigenvalue weighted by Gasteiger charge is 2.19. The van der Waals surface area contributed by atoms with E-state index >= 15 is 0 Å². The molecule has 1 aliphatic heterocycles. The van der Waals surface area contributed by atoms with Crippen molar-refractivity contribution >= 4 is 17.0 Å². The van der Waals surface area contributed by atoms with E-state index in [1.807, 2.05) is 48.5 Å². The summed E-state index contributed by atoms with van der Waals surface area (Å²) < 4.78 is 16.5. The summed E-state index contributed by atoms with van der Waals surface area (Å²) in [6, 6.07) is 17.1. The maximum Gasteiger partial charge on any atom is 0.259 e. The highest BCUT2D eigenvalue weighted by atomic mass is 16.6. The van der Waals surface area contributed by atoms with Crippen LogP contribution in [0.4, 0.5) is 0 Å². The van der Waals surface area contributed by atoms with Crippen molar-refractivity contribution < 1.29 is 18.8 Å². The molecule has 0 radical (unpaired) electrons. The number of benzene rings is 2. The third kappa shape index (κ3) is 3.34. The van der Waals surface area contributed by atoms with Gasteiger partial charge in [-0.2, -0.15) is 0 Å². The fourth-order valence-electron chi connectivity index (χ4n) is 3.51. The Hall–Kier alpha value is -3.87. The summed E-state index contributed by atoms with van der Waals surface area (Å²) in [6.45, 7) is 3.22. The van der Waals surface area contributed by atoms with Crippen LogP contribution in [0, 0.1) is 6.92 Å². The number of amides is 1. The van der Waals surface area contributed by atoms with E-state index in [0.717, 1.165) is 16.9 Å². The summed E-state index contributed by atoms with van der Waals surface area (Å²) in [7, 11) is 0. The number of aryl methyl sites for hydroxylation is 1. The number of hydrogen-bond acceptors (Lipinski definition) is 6. The molecule has 30 heavy (non-hydrogen) atoms. The molecule has 3 heterocycles. The number of carbonyl (C=O) groups is 1. The van der Waals surface area contributed by atoms with Gasteiger partial charge in [0, 0.05) is 12.1 Å². The molecule has 0 unspecified atom stereocenters. The Balaban J connectivity index is 1.45. The molecule has 1 N–H and O–H groups in total. The van der Waals surface area contributed by atoms with Gasteiger partial charge in [0.05, 0.1) is 22.3 Å². The Morgan fingerprint density at radius 1 is 1.03 bits per heavy atom. The molecule has 0 spiro atoms. The van der Waals surface area contributed by atoms with Crippen LogP contribution < -0.4 is 14.8 Å². The fourth-order valence-corrected chi connectivity index (χ4v) is 3.51. The maximum absolute atomic E-state index is 13.1. The van der Waals surface area contributed by atoms with E-state index in [1.165, 1.54) is 0 Å². The van der Waals surface area contributed by atoms with Crippen LogP contribution in [0.25, 0.3) is 22.4 Å². The van der Waals surface area contributed by atoms with Gasteiger partial charge in [0.2, 0.25) is 0 Å². The zero-order chi connectivity index (χ0) is 20.5. The van der Waals surface area contributed by atoms with E-state index in [4.69, 9.17) is 14.0 Å². The fraction of sp³-hybridized carbons (Fsp3) is 0.174. The standard InChI is InChI=1S/C23H19N3O4/c1-14-21-17(12-18(25-23(21)30-26-14)16-5-3-2-4-6-16)22(27)24-13-15-7-8-19-20(11-15)29-10-9-28-19/h2-8,11-12H,9-10,13H2,1H3,(H,24,27). The normalized spacial score (nSPS) is 12.7. The van der Waals surface area contributed by atoms with Gasteiger partial charge < -0.3 is 19.3 Å².